The summed E-state index contributed by atoms with van der Waals surface area (Å²) in [5, 5.41) is 0. The van der Waals surface area contributed by atoms with Crippen molar-refractivity contribution >= 4 is 11.4 Å². The molecule has 0 saturated heterocycles. The number of ether oxygens (including phenoxy) is 5. The number of hydrogen-bond donors (Lipinski definition) is 2. The Morgan fingerprint density at radius 1 is 0.279 bits per heavy atom. The molecule has 212 valence electrons. The van der Waals surface area contributed by atoms with E-state index in [1.165, 1.54) is 0 Å². The molecule has 0 saturated carbocycles. The third-order valence-electron chi connectivity index (χ3n) is 6.23. The van der Waals surface area contributed by atoms with Crippen LogP contribution in [0.5, 0.6) is 57.5 Å². The molecule has 0 aliphatic rings. The molecular formula is C36H28N2O5. The van der Waals surface area contributed by atoms with E-state index < -0.39 is 0 Å². The first-order valence-electron chi connectivity index (χ1n) is 13.6. The molecule has 0 aliphatic heterocycles. The summed E-state index contributed by atoms with van der Waals surface area (Å²) in [7, 11) is 0. The summed E-state index contributed by atoms with van der Waals surface area (Å²) in [6.45, 7) is 0. The minimum absolute atomic E-state index is 0.488. The van der Waals surface area contributed by atoms with Crippen LogP contribution in [-0.4, -0.2) is 0 Å². The number of rotatable bonds is 10. The van der Waals surface area contributed by atoms with E-state index in [4.69, 9.17) is 35.2 Å². The Labute approximate surface area is 249 Å². The maximum absolute atomic E-state index is 6.37. The van der Waals surface area contributed by atoms with Crippen molar-refractivity contribution in [2.24, 2.45) is 0 Å². The van der Waals surface area contributed by atoms with Crippen LogP contribution in [0.3, 0.4) is 0 Å². The Kier molecular flexibility index (Phi) is 7.95. The number of nitrogens with two attached hydrogens (primary N) is 2. The molecule has 0 unspecified atom stereocenters. The maximum Gasteiger partial charge on any atom is 0.170 e. The fourth-order valence-electron chi connectivity index (χ4n) is 4.24. The lowest BCUT2D eigenvalue weighted by Crippen LogP contribution is -1.95. The highest BCUT2D eigenvalue weighted by atomic mass is 16.6. The highest BCUT2D eigenvalue weighted by molar-refractivity contribution is 5.54. The summed E-state index contributed by atoms with van der Waals surface area (Å²) in [6.07, 6.45) is 0. The molecule has 0 bridgehead atoms. The lowest BCUT2D eigenvalue weighted by molar-refractivity contribution is 0.375. The molecular weight excluding hydrogens is 540 g/mol. The summed E-state index contributed by atoms with van der Waals surface area (Å²) >= 11 is 0. The van der Waals surface area contributed by atoms with Gasteiger partial charge in [-0.2, -0.15) is 0 Å². The van der Waals surface area contributed by atoms with Crippen LogP contribution in [0, 0.1) is 0 Å². The van der Waals surface area contributed by atoms with Crippen LogP contribution in [0.1, 0.15) is 0 Å². The van der Waals surface area contributed by atoms with E-state index >= 15 is 0 Å². The Bertz CT molecular complexity index is 1720. The number of nitrogen functional groups attached to an aromatic ring is 2. The van der Waals surface area contributed by atoms with Gasteiger partial charge in [-0.1, -0.05) is 60.7 Å². The molecule has 0 spiro atoms. The molecule has 6 rings (SSSR count). The number of anilines is 2. The van der Waals surface area contributed by atoms with Crippen LogP contribution in [0.25, 0.3) is 0 Å². The average molecular weight is 569 g/mol. The van der Waals surface area contributed by atoms with Crippen molar-refractivity contribution in [2.45, 2.75) is 0 Å². The van der Waals surface area contributed by atoms with Crippen LogP contribution in [0.2, 0.25) is 0 Å². The molecule has 7 heteroatoms. The summed E-state index contributed by atoms with van der Waals surface area (Å²) in [4.78, 5) is 0. The third kappa shape index (κ3) is 6.81. The van der Waals surface area contributed by atoms with Crippen LogP contribution < -0.4 is 35.2 Å². The van der Waals surface area contributed by atoms with Crippen molar-refractivity contribution < 1.29 is 23.7 Å². The quantitative estimate of drug-likeness (QED) is 0.159. The molecule has 7 nitrogen and oxygen atoms in total. The van der Waals surface area contributed by atoms with Gasteiger partial charge in [0, 0.05) is 23.5 Å². The second kappa shape index (κ2) is 12.6. The minimum atomic E-state index is 0.488. The van der Waals surface area contributed by atoms with Gasteiger partial charge in [-0.05, 0) is 72.8 Å². The van der Waals surface area contributed by atoms with Crippen molar-refractivity contribution in [3.63, 3.8) is 0 Å². The lowest BCUT2D eigenvalue weighted by Gasteiger charge is -2.17. The van der Waals surface area contributed by atoms with Gasteiger partial charge in [-0.15, -0.1) is 0 Å². The van der Waals surface area contributed by atoms with E-state index in [0.29, 0.717) is 68.9 Å². The van der Waals surface area contributed by atoms with Crippen LogP contribution in [0.4, 0.5) is 11.4 Å². The monoisotopic (exact) mass is 568 g/mol. The normalized spacial score (nSPS) is 10.5. The van der Waals surface area contributed by atoms with Gasteiger partial charge in [0.2, 0.25) is 0 Å². The topological polar surface area (TPSA) is 98.2 Å². The van der Waals surface area contributed by atoms with E-state index in [2.05, 4.69) is 0 Å². The van der Waals surface area contributed by atoms with Crippen LogP contribution in [-0.2, 0) is 0 Å². The van der Waals surface area contributed by atoms with E-state index in [-0.39, 0.29) is 0 Å². The molecule has 0 aliphatic carbocycles. The Morgan fingerprint density at radius 3 is 0.791 bits per heavy atom. The minimum Gasteiger partial charge on any atom is -0.453 e. The van der Waals surface area contributed by atoms with Crippen LogP contribution >= 0.6 is 0 Å². The van der Waals surface area contributed by atoms with Gasteiger partial charge in [-0.3, -0.25) is 0 Å². The fourth-order valence-corrected chi connectivity index (χ4v) is 4.24. The highest BCUT2D eigenvalue weighted by Gasteiger charge is 2.15. The van der Waals surface area contributed by atoms with Gasteiger partial charge in [0.05, 0.1) is 0 Å². The van der Waals surface area contributed by atoms with E-state index in [1.54, 1.807) is 24.3 Å². The molecule has 0 fully saturated rings. The molecule has 0 amide bonds. The average Bonchev–Trinajstić information content (AvgIpc) is 3.01. The van der Waals surface area contributed by atoms with Crippen molar-refractivity contribution in [2.75, 3.05) is 11.5 Å². The van der Waals surface area contributed by atoms with Crippen LogP contribution in [0.15, 0.2) is 146 Å². The zero-order valence-corrected chi connectivity index (χ0v) is 23.1. The Morgan fingerprint density at radius 2 is 0.535 bits per heavy atom. The second-order valence-electron chi connectivity index (χ2n) is 9.44. The van der Waals surface area contributed by atoms with E-state index in [1.807, 2.05) is 121 Å². The van der Waals surface area contributed by atoms with Gasteiger partial charge in [0.15, 0.2) is 46.0 Å². The molecule has 43 heavy (non-hydrogen) atoms. The Balaban J connectivity index is 1.24. The second-order valence-corrected chi connectivity index (χ2v) is 9.44. The fraction of sp³-hybridized carbons (Fsp3) is 0. The summed E-state index contributed by atoms with van der Waals surface area (Å²) < 4.78 is 31.2. The van der Waals surface area contributed by atoms with Gasteiger partial charge < -0.3 is 35.2 Å². The first kappa shape index (κ1) is 27.1. The zero-order valence-electron chi connectivity index (χ0n) is 23.1. The lowest BCUT2D eigenvalue weighted by atomic mass is 10.2. The van der Waals surface area contributed by atoms with Gasteiger partial charge >= 0.3 is 0 Å². The molecule has 0 aromatic heterocycles. The van der Waals surface area contributed by atoms with Gasteiger partial charge in [-0.25, -0.2) is 0 Å². The smallest absolute Gasteiger partial charge is 0.170 e. The highest BCUT2D eigenvalue weighted by Crippen LogP contribution is 2.43. The molecule has 0 radical (unpaired) electrons. The summed E-state index contributed by atoms with van der Waals surface area (Å²) in [6, 6.07) is 44.0. The summed E-state index contributed by atoms with van der Waals surface area (Å²) in [5.74, 6) is 5.25. The molecule has 0 heterocycles. The van der Waals surface area contributed by atoms with Gasteiger partial charge in [0.1, 0.15) is 11.5 Å². The Hall–Kier alpha value is -6.08. The summed E-state index contributed by atoms with van der Waals surface area (Å²) in [5.41, 5.74) is 13.1. The van der Waals surface area contributed by atoms with Crippen molar-refractivity contribution in [3.8, 4) is 57.5 Å². The van der Waals surface area contributed by atoms with Crippen molar-refractivity contribution in [3.05, 3.63) is 146 Å². The molecule has 0 atom stereocenters. The van der Waals surface area contributed by atoms with Gasteiger partial charge in [0.25, 0.3) is 0 Å². The first-order chi connectivity index (χ1) is 21.1. The van der Waals surface area contributed by atoms with E-state index in [9.17, 15) is 0 Å². The largest absolute Gasteiger partial charge is 0.453 e. The molecule has 6 aromatic rings. The number of benzene rings is 6. The standard InChI is InChI=1S/C36H28N2O5/c37-25-11-9-13-27(23-25)39-29-15-1-3-17-31(29)41-33-19-5-7-21-35(33)43-36-22-8-6-20-34(36)42-32-18-4-2-16-30(32)40-28-14-10-12-26(38)24-28/h1-24H,37-38H2. The first-order valence-corrected chi connectivity index (χ1v) is 13.6. The SMILES string of the molecule is Nc1cccc(Oc2ccccc2Oc2ccccc2Oc2ccccc2Oc2ccccc2Oc2cccc(N)c2)c1. The molecule has 4 N–H and O–H groups in total. The molecule has 6 aromatic carbocycles. The van der Waals surface area contributed by atoms with E-state index in [0.717, 1.165) is 0 Å². The predicted octanol–water partition coefficient (Wildman–Crippen LogP) is 9.81. The third-order valence-corrected chi connectivity index (χ3v) is 6.23. The van der Waals surface area contributed by atoms with Crippen molar-refractivity contribution in [1.29, 1.82) is 0 Å². The number of para-hydroxylation sites is 8. The maximum atomic E-state index is 6.37. The number of hydrogen-bond acceptors (Lipinski definition) is 7. The zero-order chi connectivity index (χ0) is 29.4. The predicted molar refractivity (Wildman–Crippen MR) is 168 cm³/mol. The van der Waals surface area contributed by atoms with Crippen molar-refractivity contribution in [1.82, 2.24) is 0 Å².